The predicted octanol–water partition coefficient (Wildman–Crippen LogP) is 4.01. The highest BCUT2D eigenvalue weighted by atomic mass is 16.5. The number of esters is 2. The molecular formula is C20H18O4. The molecule has 2 aromatic carbocycles. The molecule has 0 fully saturated rings. The summed E-state index contributed by atoms with van der Waals surface area (Å²) in [5.74, 6) is -0.566. The number of ether oxygens (including phenoxy) is 2. The average molecular weight is 322 g/mol. The molecule has 4 nitrogen and oxygen atoms in total. The standard InChI is InChI=1S/C20H18O4/c1-3-17-10-7-11-19(24-15(2)21)18(17)14-20(22)23-13-12-16-8-5-4-6-9-16/h3-13H,1,14H2,2H3. The number of hydrogen-bond acceptors (Lipinski definition) is 4. The van der Waals surface area contributed by atoms with Gasteiger partial charge in [-0.3, -0.25) is 9.59 Å². The Hall–Kier alpha value is -3.14. The van der Waals surface area contributed by atoms with Gasteiger partial charge in [0.25, 0.3) is 0 Å². The van der Waals surface area contributed by atoms with Gasteiger partial charge in [-0.25, -0.2) is 0 Å². The van der Waals surface area contributed by atoms with Gasteiger partial charge in [0.2, 0.25) is 0 Å². The van der Waals surface area contributed by atoms with Crippen molar-refractivity contribution < 1.29 is 19.1 Å². The molecule has 122 valence electrons. The number of carbonyl (C=O) groups excluding carboxylic acids is 2. The van der Waals surface area contributed by atoms with Crippen molar-refractivity contribution >= 4 is 24.1 Å². The first kappa shape index (κ1) is 17.2. The topological polar surface area (TPSA) is 52.6 Å². The monoisotopic (exact) mass is 322 g/mol. The summed E-state index contributed by atoms with van der Waals surface area (Å²) in [4.78, 5) is 23.3. The van der Waals surface area contributed by atoms with E-state index in [2.05, 4.69) is 6.58 Å². The smallest absolute Gasteiger partial charge is 0.315 e. The van der Waals surface area contributed by atoms with E-state index in [4.69, 9.17) is 9.47 Å². The average Bonchev–Trinajstić information content (AvgIpc) is 2.57. The first-order valence-corrected chi connectivity index (χ1v) is 7.44. The van der Waals surface area contributed by atoms with E-state index in [-0.39, 0.29) is 6.42 Å². The van der Waals surface area contributed by atoms with Gasteiger partial charge in [0.05, 0.1) is 12.7 Å². The van der Waals surface area contributed by atoms with Crippen LogP contribution in [0.15, 0.2) is 61.4 Å². The minimum atomic E-state index is -0.454. The van der Waals surface area contributed by atoms with Gasteiger partial charge in [0.1, 0.15) is 5.75 Å². The van der Waals surface area contributed by atoms with Crippen molar-refractivity contribution in [1.82, 2.24) is 0 Å². The first-order chi connectivity index (χ1) is 11.6. The molecule has 0 unspecified atom stereocenters. The quantitative estimate of drug-likeness (QED) is 0.458. The minimum absolute atomic E-state index is 0.0239. The van der Waals surface area contributed by atoms with E-state index in [0.717, 1.165) is 11.1 Å². The maximum Gasteiger partial charge on any atom is 0.315 e. The molecule has 0 saturated carbocycles. The molecule has 0 radical (unpaired) electrons. The number of benzene rings is 2. The van der Waals surface area contributed by atoms with Crippen LogP contribution in [0.3, 0.4) is 0 Å². The Balaban J connectivity index is 2.09. The molecule has 0 aliphatic rings. The predicted molar refractivity (Wildman–Crippen MR) is 93.1 cm³/mol. The Kier molecular flexibility index (Phi) is 6.08. The van der Waals surface area contributed by atoms with E-state index < -0.39 is 11.9 Å². The summed E-state index contributed by atoms with van der Waals surface area (Å²) in [6.07, 6.45) is 4.63. The third-order valence-electron chi connectivity index (χ3n) is 3.22. The lowest BCUT2D eigenvalue weighted by Crippen LogP contribution is -2.10. The summed E-state index contributed by atoms with van der Waals surface area (Å²) in [5.41, 5.74) is 2.22. The van der Waals surface area contributed by atoms with Gasteiger partial charge in [-0.15, -0.1) is 0 Å². The summed E-state index contributed by atoms with van der Waals surface area (Å²) in [7, 11) is 0. The lowest BCUT2D eigenvalue weighted by atomic mass is 10.0. The largest absolute Gasteiger partial charge is 0.434 e. The molecule has 2 rings (SSSR count). The molecule has 0 aliphatic carbocycles. The van der Waals surface area contributed by atoms with Crippen LogP contribution in [0.2, 0.25) is 0 Å². The Morgan fingerprint density at radius 2 is 1.83 bits per heavy atom. The fourth-order valence-electron chi connectivity index (χ4n) is 2.15. The second-order valence-electron chi connectivity index (χ2n) is 5.00. The van der Waals surface area contributed by atoms with Crippen LogP contribution >= 0.6 is 0 Å². The zero-order chi connectivity index (χ0) is 17.4. The summed E-state index contributed by atoms with van der Waals surface area (Å²) in [5, 5.41) is 0. The highest BCUT2D eigenvalue weighted by molar-refractivity contribution is 5.78. The summed E-state index contributed by atoms with van der Waals surface area (Å²) >= 11 is 0. The summed E-state index contributed by atoms with van der Waals surface area (Å²) < 4.78 is 10.3. The number of rotatable bonds is 6. The van der Waals surface area contributed by atoms with Crippen LogP contribution in [-0.4, -0.2) is 11.9 Å². The first-order valence-electron chi connectivity index (χ1n) is 7.44. The second-order valence-corrected chi connectivity index (χ2v) is 5.00. The van der Waals surface area contributed by atoms with Gasteiger partial charge in [0.15, 0.2) is 0 Å². The Bertz CT molecular complexity index is 760. The third kappa shape index (κ3) is 4.95. The van der Waals surface area contributed by atoms with E-state index in [1.807, 2.05) is 30.3 Å². The van der Waals surface area contributed by atoms with Crippen LogP contribution in [0.1, 0.15) is 23.6 Å². The van der Waals surface area contributed by atoms with Crippen LogP contribution in [-0.2, 0) is 20.7 Å². The Morgan fingerprint density at radius 3 is 2.50 bits per heavy atom. The molecule has 0 atom stereocenters. The third-order valence-corrected chi connectivity index (χ3v) is 3.22. The SMILES string of the molecule is C=Cc1cccc(OC(C)=O)c1CC(=O)OC=Cc1ccccc1. The minimum Gasteiger partial charge on any atom is -0.434 e. The summed E-state index contributed by atoms with van der Waals surface area (Å²) in [6, 6.07) is 14.7. The van der Waals surface area contributed by atoms with Gasteiger partial charge in [-0.05, 0) is 23.3 Å². The van der Waals surface area contributed by atoms with Gasteiger partial charge < -0.3 is 9.47 Å². The van der Waals surface area contributed by atoms with E-state index in [1.165, 1.54) is 13.2 Å². The maximum atomic E-state index is 12.1. The van der Waals surface area contributed by atoms with Crippen LogP contribution in [0.25, 0.3) is 12.2 Å². The maximum absolute atomic E-state index is 12.1. The van der Waals surface area contributed by atoms with Crippen molar-refractivity contribution in [1.29, 1.82) is 0 Å². The molecule has 4 heteroatoms. The van der Waals surface area contributed by atoms with E-state index in [9.17, 15) is 9.59 Å². The van der Waals surface area contributed by atoms with Gasteiger partial charge in [-0.1, -0.05) is 55.1 Å². The molecule has 0 saturated heterocycles. The van der Waals surface area contributed by atoms with Crippen LogP contribution < -0.4 is 4.74 Å². The molecule has 0 spiro atoms. The molecule has 0 bridgehead atoms. The lowest BCUT2D eigenvalue weighted by Gasteiger charge is -2.11. The normalized spacial score (nSPS) is 10.4. The molecule has 0 aliphatic heterocycles. The summed E-state index contributed by atoms with van der Waals surface area (Å²) in [6.45, 7) is 5.03. The fraction of sp³-hybridized carbons (Fsp3) is 0.100. The van der Waals surface area contributed by atoms with Crippen molar-refractivity contribution in [3.05, 3.63) is 78.1 Å². The van der Waals surface area contributed by atoms with Crippen molar-refractivity contribution in [2.75, 3.05) is 0 Å². The van der Waals surface area contributed by atoms with Crippen LogP contribution in [0, 0.1) is 0 Å². The molecule has 0 heterocycles. The molecule has 0 aromatic heterocycles. The fourth-order valence-corrected chi connectivity index (χ4v) is 2.15. The zero-order valence-electron chi connectivity index (χ0n) is 13.4. The van der Waals surface area contributed by atoms with Gasteiger partial charge in [0, 0.05) is 12.5 Å². The van der Waals surface area contributed by atoms with Crippen LogP contribution in [0.4, 0.5) is 0 Å². The second kappa shape index (κ2) is 8.48. The lowest BCUT2D eigenvalue weighted by molar-refractivity contribution is -0.137. The number of hydrogen-bond donors (Lipinski definition) is 0. The van der Waals surface area contributed by atoms with Crippen LogP contribution in [0.5, 0.6) is 5.75 Å². The number of carbonyl (C=O) groups is 2. The molecule has 2 aromatic rings. The van der Waals surface area contributed by atoms with Crippen molar-refractivity contribution in [2.24, 2.45) is 0 Å². The van der Waals surface area contributed by atoms with Crippen molar-refractivity contribution in [3.63, 3.8) is 0 Å². The molecular weight excluding hydrogens is 304 g/mol. The zero-order valence-corrected chi connectivity index (χ0v) is 13.4. The van der Waals surface area contributed by atoms with E-state index in [0.29, 0.717) is 11.3 Å². The Labute approximate surface area is 141 Å². The van der Waals surface area contributed by atoms with Crippen molar-refractivity contribution in [2.45, 2.75) is 13.3 Å². The highest BCUT2D eigenvalue weighted by Gasteiger charge is 2.14. The van der Waals surface area contributed by atoms with Gasteiger partial charge >= 0.3 is 11.9 Å². The Morgan fingerprint density at radius 1 is 1.08 bits per heavy atom. The van der Waals surface area contributed by atoms with E-state index in [1.54, 1.807) is 30.4 Å². The molecule has 0 amide bonds. The molecule has 24 heavy (non-hydrogen) atoms. The van der Waals surface area contributed by atoms with E-state index >= 15 is 0 Å². The highest BCUT2D eigenvalue weighted by Crippen LogP contribution is 2.24. The molecule has 0 N–H and O–H groups in total. The van der Waals surface area contributed by atoms with Gasteiger partial charge in [-0.2, -0.15) is 0 Å². The van der Waals surface area contributed by atoms with Crippen molar-refractivity contribution in [3.8, 4) is 5.75 Å².